The van der Waals surface area contributed by atoms with Crippen LogP contribution in [-0.4, -0.2) is 47.4 Å². The zero-order valence-corrected chi connectivity index (χ0v) is 11.5. The number of anilines is 1. The first-order chi connectivity index (χ1) is 8.06. The summed E-state index contributed by atoms with van der Waals surface area (Å²) in [6, 6.07) is 0. The molecule has 5 nitrogen and oxygen atoms in total. The van der Waals surface area contributed by atoms with Crippen molar-refractivity contribution in [3.63, 3.8) is 0 Å². The van der Waals surface area contributed by atoms with Gasteiger partial charge in [-0.1, -0.05) is 0 Å². The predicted octanol–water partition coefficient (Wildman–Crippen LogP) is 1.03. The van der Waals surface area contributed by atoms with E-state index in [1.165, 1.54) is 11.3 Å². The van der Waals surface area contributed by atoms with E-state index in [1.54, 1.807) is 6.20 Å². The zero-order chi connectivity index (χ0) is 12.8. The molecule has 6 heteroatoms. The van der Waals surface area contributed by atoms with Crippen LogP contribution >= 0.6 is 11.3 Å². The highest BCUT2D eigenvalue weighted by molar-refractivity contribution is 7.15. The summed E-state index contributed by atoms with van der Waals surface area (Å²) in [5.74, 6) is 0.162. The Morgan fingerprint density at radius 1 is 1.47 bits per heavy atom. The van der Waals surface area contributed by atoms with E-state index in [1.807, 2.05) is 30.7 Å². The van der Waals surface area contributed by atoms with Crippen molar-refractivity contribution in [1.82, 2.24) is 14.8 Å². The number of nitrogens with two attached hydrogens (primary N) is 1. The lowest BCUT2D eigenvalue weighted by Crippen LogP contribution is -2.38. The molecule has 0 aromatic carbocycles. The minimum absolute atomic E-state index is 0.162. The maximum absolute atomic E-state index is 11.9. The number of likely N-dealkylation sites (N-methyl/N-ethyl adjacent to an activating group) is 2. The molecule has 96 valence electrons. The first-order valence-corrected chi connectivity index (χ1v) is 6.55. The van der Waals surface area contributed by atoms with Crippen LogP contribution in [0.2, 0.25) is 0 Å². The van der Waals surface area contributed by atoms with Crippen LogP contribution in [0.25, 0.3) is 0 Å². The van der Waals surface area contributed by atoms with Crippen LogP contribution in [0, 0.1) is 0 Å². The third kappa shape index (κ3) is 4.32. The van der Waals surface area contributed by atoms with Crippen molar-refractivity contribution in [3.8, 4) is 0 Å². The van der Waals surface area contributed by atoms with E-state index >= 15 is 0 Å². The van der Waals surface area contributed by atoms with Gasteiger partial charge in [-0.15, -0.1) is 11.3 Å². The number of thiazole rings is 1. The fraction of sp³-hybridized carbons (Fsp3) is 0.636. The van der Waals surface area contributed by atoms with Crippen molar-refractivity contribution in [2.24, 2.45) is 0 Å². The quantitative estimate of drug-likeness (QED) is 0.825. The zero-order valence-electron chi connectivity index (χ0n) is 10.6. The van der Waals surface area contributed by atoms with Gasteiger partial charge in [0, 0.05) is 30.7 Å². The van der Waals surface area contributed by atoms with Crippen molar-refractivity contribution in [3.05, 3.63) is 11.1 Å². The van der Waals surface area contributed by atoms with Crippen molar-refractivity contribution < 1.29 is 4.79 Å². The van der Waals surface area contributed by atoms with E-state index in [-0.39, 0.29) is 5.91 Å². The summed E-state index contributed by atoms with van der Waals surface area (Å²) in [5, 5.41) is 0.573. The average molecular weight is 256 g/mol. The molecule has 1 rings (SSSR count). The van der Waals surface area contributed by atoms with Crippen LogP contribution in [0.3, 0.4) is 0 Å². The maximum Gasteiger partial charge on any atom is 0.236 e. The second-order valence-corrected chi connectivity index (χ2v) is 5.05. The van der Waals surface area contributed by atoms with Crippen LogP contribution in [0.1, 0.15) is 18.7 Å². The molecule has 0 spiro atoms. The Kier molecular flexibility index (Phi) is 5.37. The lowest BCUT2D eigenvalue weighted by Gasteiger charge is -2.22. The molecule has 1 heterocycles. The molecule has 0 saturated carbocycles. The molecule has 2 N–H and O–H groups in total. The van der Waals surface area contributed by atoms with Gasteiger partial charge in [-0.2, -0.15) is 0 Å². The minimum Gasteiger partial charge on any atom is -0.375 e. The number of carbonyl (C=O) groups is 1. The fourth-order valence-electron chi connectivity index (χ4n) is 1.62. The SMILES string of the molecule is CCN(CC)C(=O)CN(C)Cc1cnc(N)s1. The first kappa shape index (κ1) is 13.9. The topological polar surface area (TPSA) is 62.5 Å². The van der Waals surface area contributed by atoms with Gasteiger partial charge in [-0.25, -0.2) is 4.98 Å². The Balaban J connectivity index is 2.44. The molecule has 1 aromatic rings. The normalized spacial score (nSPS) is 10.8. The highest BCUT2D eigenvalue weighted by atomic mass is 32.1. The van der Waals surface area contributed by atoms with E-state index in [0.29, 0.717) is 18.2 Å². The summed E-state index contributed by atoms with van der Waals surface area (Å²) < 4.78 is 0. The fourth-order valence-corrected chi connectivity index (χ4v) is 2.39. The molecule has 0 atom stereocenters. The van der Waals surface area contributed by atoms with E-state index < -0.39 is 0 Å². The second-order valence-electron chi connectivity index (χ2n) is 3.90. The van der Waals surface area contributed by atoms with Gasteiger partial charge < -0.3 is 10.6 Å². The van der Waals surface area contributed by atoms with E-state index in [2.05, 4.69) is 4.98 Å². The summed E-state index contributed by atoms with van der Waals surface area (Å²) in [6.45, 7) is 6.64. The summed E-state index contributed by atoms with van der Waals surface area (Å²) >= 11 is 1.46. The molecule has 0 radical (unpaired) electrons. The smallest absolute Gasteiger partial charge is 0.236 e. The maximum atomic E-state index is 11.9. The molecule has 0 aliphatic carbocycles. The number of hydrogen-bond acceptors (Lipinski definition) is 5. The summed E-state index contributed by atoms with van der Waals surface area (Å²) in [7, 11) is 1.93. The molecule has 1 amide bonds. The average Bonchev–Trinajstić information content (AvgIpc) is 2.65. The first-order valence-electron chi connectivity index (χ1n) is 5.73. The summed E-state index contributed by atoms with van der Waals surface area (Å²) in [6.07, 6.45) is 1.76. The van der Waals surface area contributed by atoms with Crippen molar-refractivity contribution in [1.29, 1.82) is 0 Å². The van der Waals surface area contributed by atoms with Gasteiger partial charge in [0.15, 0.2) is 5.13 Å². The summed E-state index contributed by atoms with van der Waals surface area (Å²) in [4.78, 5) is 20.7. The van der Waals surface area contributed by atoms with Gasteiger partial charge in [0.1, 0.15) is 0 Å². The molecule has 1 aromatic heterocycles. The van der Waals surface area contributed by atoms with Crippen molar-refractivity contribution in [2.75, 3.05) is 32.4 Å². The monoisotopic (exact) mass is 256 g/mol. The Morgan fingerprint density at radius 2 is 2.12 bits per heavy atom. The Labute approximate surface area is 106 Å². The molecule has 0 fully saturated rings. The number of nitrogen functional groups attached to an aromatic ring is 1. The molecule has 0 aliphatic rings. The van der Waals surface area contributed by atoms with Gasteiger partial charge in [0.25, 0.3) is 0 Å². The Bertz CT molecular complexity index is 362. The molecular weight excluding hydrogens is 236 g/mol. The summed E-state index contributed by atoms with van der Waals surface area (Å²) in [5.41, 5.74) is 5.56. The molecule has 0 aliphatic heterocycles. The molecular formula is C11H20N4OS. The van der Waals surface area contributed by atoms with Crippen molar-refractivity contribution in [2.45, 2.75) is 20.4 Å². The van der Waals surface area contributed by atoms with E-state index in [0.717, 1.165) is 18.0 Å². The number of aromatic nitrogens is 1. The van der Waals surface area contributed by atoms with Gasteiger partial charge in [0.2, 0.25) is 5.91 Å². The lowest BCUT2D eigenvalue weighted by molar-refractivity contribution is -0.131. The van der Waals surface area contributed by atoms with Gasteiger partial charge in [-0.05, 0) is 20.9 Å². The number of carbonyl (C=O) groups excluding carboxylic acids is 1. The Hall–Kier alpha value is -1.14. The van der Waals surface area contributed by atoms with Gasteiger partial charge >= 0.3 is 0 Å². The number of hydrogen-bond donors (Lipinski definition) is 1. The molecule has 17 heavy (non-hydrogen) atoms. The number of amides is 1. The highest BCUT2D eigenvalue weighted by Gasteiger charge is 2.13. The molecule has 0 unspecified atom stereocenters. The standard InChI is InChI=1S/C11H20N4OS/c1-4-15(5-2)10(16)8-14(3)7-9-6-13-11(12)17-9/h6H,4-5,7-8H2,1-3H3,(H2,12,13). The third-order valence-corrected chi connectivity index (χ3v) is 3.33. The van der Waals surface area contributed by atoms with Gasteiger partial charge in [-0.3, -0.25) is 9.69 Å². The Morgan fingerprint density at radius 3 is 2.59 bits per heavy atom. The van der Waals surface area contributed by atoms with E-state index in [4.69, 9.17) is 5.73 Å². The minimum atomic E-state index is 0.162. The lowest BCUT2D eigenvalue weighted by atomic mass is 10.4. The van der Waals surface area contributed by atoms with E-state index in [9.17, 15) is 4.79 Å². The second kappa shape index (κ2) is 6.56. The van der Waals surface area contributed by atoms with Crippen molar-refractivity contribution >= 4 is 22.4 Å². The predicted molar refractivity (Wildman–Crippen MR) is 70.8 cm³/mol. The van der Waals surface area contributed by atoms with Gasteiger partial charge in [0.05, 0.1) is 6.54 Å². The largest absolute Gasteiger partial charge is 0.375 e. The third-order valence-electron chi connectivity index (χ3n) is 2.52. The number of rotatable bonds is 6. The molecule has 0 bridgehead atoms. The number of nitrogens with zero attached hydrogens (tertiary/aromatic N) is 3. The van der Waals surface area contributed by atoms with Crippen LogP contribution < -0.4 is 5.73 Å². The van der Waals surface area contributed by atoms with Crippen LogP contribution in [0.4, 0.5) is 5.13 Å². The van der Waals surface area contributed by atoms with Crippen LogP contribution in [0.15, 0.2) is 6.20 Å². The van der Waals surface area contributed by atoms with Crippen LogP contribution in [0.5, 0.6) is 0 Å². The highest BCUT2D eigenvalue weighted by Crippen LogP contribution is 2.15. The molecule has 0 saturated heterocycles. The van der Waals surface area contributed by atoms with Crippen LogP contribution in [-0.2, 0) is 11.3 Å².